The third-order valence-electron chi connectivity index (χ3n) is 1.96. The van der Waals surface area contributed by atoms with Gasteiger partial charge in [0.1, 0.15) is 16.4 Å². The van der Waals surface area contributed by atoms with Gasteiger partial charge in [-0.25, -0.2) is 18.7 Å². The first-order chi connectivity index (χ1) is 7.54. The minimum atomic E-state index is -0.769. The molecule has 0 N–H and O–H groups in total. The number of thioether (sulfide) groups is 1. The van der Waals surface area contributed by atoms with E-state index in [1.807, 2.05) is 0 Å². The van der Waals surface area contributed by atoms with Crippen molar-refractivity contribution in [3.63, 3.8) is 0 Å². The highest BCUT2D eigenvalue weighted by atomic mass is 79.9. The Kier molecular flexibility index (Phi) is 3.32. The van der Waals surface area contributed by atoms with Crippen molar-refractivity contribution >= 4 is 50.2 Å². The molecule has 1 aromatic carbocycles. The molecule has 0 bridgehead atoms. The summed E-state index contributed by atoms with van der Waals surface area (Å²) in [4.78, 5) is 7.66. The summed E-state index contributed by atoms with van der Waals surface area (Å²) in [5, 5.41) is 0.699. The van der Waals surface area contributed by atoms with E-state index in [0.717, 1.165) is 0 Å². The molecule has 0 atom stereocenters. The molecule has 2 rings (SSSR count). The maximum atomic E-state index is 13.7. The van der Waals surface area contributed by atoms with Crippen molar-refractivity contribution in [1.82, 2.24) is 9.97 Å². The third-order valence-corrected chi connectivity index (χ3v) is 3.55. The second kappa shape index (κ2) is 4.43. The highest BCUT2D eigenvalue weighted by Crippen LogP contribution is 2.31. The largest absolute Gasteiger partial charge is 0.224 e. The van der Waals surface area contributed by atoms with Crippen LogP contribution >= 0.6 is 39.3 Å². The molecule has 2 aromatic rings. The highest BCUT2D eigenvalue weighted by molar-refractivity contribution is 9.10. The number of nitrogens with zero attached hydrogens (tertiary/aromatic N) is 2. The first-order valence-electron chi connectivity index (χ1n) is 4.09. The van der Waals surface area contributed by atoms with Crippen LogP contribution in [0.25, 0.3) is 10.9 Å². The van der Waals surface area contributed by atoms with Crippen LogP contribution in [-0.4, -0.2) is 16.2 Å². The van der Waals surface area contributed by atoms with Crippen LogP contribution in [0.3, 0.4) is 0 Å². The van der Waals surface area contributed by atoms with E-state index >= 15 is 0 Å². The maximum Gasteiger partial charge on any atom is 0.224 e. The first kappa shape index (κ1) is 12.0. The monoisotopic (exact) mass is 324 g/mol. The maximum absolute atomic E-state index is 13.7. The summed E-state index contributed by atoms with van der Waals surface area (Å²) < 4.78 is 26.8. The van der Waals surface area contributed by atoms with Crippen LogP contribution in [0.4, 0.5) is 8.78 Å². The fourth-order valence-corrected chi connectivity index (χ4v) is 2.35. The Labute approximate surface area is 108 Å². The van der Waals surface area contributed by atoms with Gasteiger partial charge in [0.25, 0.3) is 0 Å². The van der Waals surface area contributed by atoms with Crippen molar-refractivity contribution < 1.29 is 8.78 Å². The second-order valence-electron chi connectivity index (χ2n) is 2.88. The molecule has 2 nitrogen and oxygen atoms in total. The first-order valence-corrected chi connectivity index (χ1v) is 6.49. The molecule has 0 saturated carbocycles. The average molecular weight is 326 g/mol. The van der Waals surface area contributed by atoms with Crippen molar-refractivity contribution in [2.24, 2.45) is 0 Å². The molecule has 0 radical (unpaired) electrons. The molecule has 7 heteroatoms. The third kappa shape index (κ3) is 1.89. The summed E-state index contributed by atoms with van der Waals surface area (Å²) in [6.07, 6.45) is 1.75. The zero-order chi connectivity index (χ0) is 11.9. The van der Waals surface area contributed by atoms with Gasteiger partial charge in [0.15, 0.2) is 5.82 Å². The molecule has 0 fully saturated rings. The number of rotatable bonds is 1. The lowest BCUT2D eigenvalue weighted by molar-refractivity contribution is 0.578. The van der Waals surface area contributed by atoms with E-state index in [-0.39, 0.29) is 15.3 Å². The van der Waals surface area contributed by atoms with E-state index in [0.29, 0.717) is 10.4 Å². The summed E-state index contributed by atoms with van der Waals surface area (Å²) in [5.41, 5.74) is 0.0117. The minimum Gasteiger partial charge on any atom is -0.215 e. The molecule has 1 heterocycles. The fraction of sp³-hybridized carbons (Fsp3) is 0.111. The molecule has 1 aromatic heterocycles. The number of fused-ring (bicyclic) bond motifs is 1. The van der Waals surface area contributed by atoms with Crippen LogP contribution in [0.2, 0.25) is 5.28 Å². The van der Waals surface area contributed by atoms with Gasteiger partial charge >= 0.3 is 0 Å². The van der Waals surface area contributed by atoms with Gasteiger partial charge in [-0.1, -0.05) is 0 Å². The molecule has 0 unspecified atom stereocenters. The van der Waals surface area contributed by atoms with Crippen LogP contribution in [-0.2, 0) is 0 Å². The molecule has 16 heavy (non-hydrogen) atoms. The fourth-order valence-electron chi connectivity index (χ4n) is 1.27. The number of aromatic nitrogens is 2. The van der Waals surface area contributed by atoms with Crippen molar-refractivity contribution in [3.05, 3.63) is 27.5 Å². The van der Waals surface area contributed by atoms with E-state index in [9.17, 15) is 8.78 Å². The topological polar surface area (TPSA) is 25.8 Å². The van der Waals surface area contributed by atoms with Gasteiger partial charge < -0.3 is 0 Å². The lowest BCUT2D eigenvalue weighted by atomic mass is 10.2. The number of benzene rings is 1. The molecule has 0 aliphatic carbocycles. The van der Waals surface area contributed by atoms with Gasteiger partial charge in [-0.05, 0) is 39.9 Å². The van der Waals surface area contributed by atoms with Gasteiger partial charge in [-0.2, -0.15) is 0 Å². The van der Waals surface area contributed by atoms with Crippen LogP contribution in [0.1, 0.15) is 0 Å². The quantitative estimate of drug-likeness (QED) is 0.342. The van der Waals surface area contributed by atoms with Crippen molar-refractivity contribution in [1.29, 1.82) is 0 Å². The normalized spacial score (nSPS) is 11.1. The Morgan fingerprint density at radius 1 is 1.38 bits per heavy atom. The number of halogens is 4. The van der Waals surface area contributed by atoms with E-state index in [1.54, 1.807) is 6.26 Å². The molecule has 0 saturated heterocycles. The zero-order valence-electron chi connectivity index (χ0n) is 7.89. The molecule has 0 spiro atoms. The predicted octanol–water partition coefficient (Wildman–Crippen LogP) is 4.05. The molecular formula is C9H4BrClF2N2S. The second-order valence-corrected chi connectivity index (χ2v) is 4.81. The van der Waals surface area contributed by atoms with Gasteiger partial charge in [0.05, 0.1) is 4.47 Å². The summed E-state index contributed by atoms with van der Waals surface area (Å²) in [5.74, 6) is -1.46. The molecule has 0 aliphatic heterocycles. The smallest absolute Gasteiger partial charge is 0.215 e. The van der Waals surface area contributed by atoms with Crippen LogP contribution in [0, 0.1) is 11.6 Å². The number of hydrogen-bond donors (Lipinski definition) is 0. The van der Waals surface area contributed by atoms with Crippen LogP contribution < -0.4 is 0 Å². The van der Waals surface area contributed by atoms with Gasteiger partial charge in [0.2, 0.25) is 5.28 Å². The predicted molar refractivity (Wildman–Crippen MR) is 63.9 cm³/mol. The van der Waals surface area contributed by atoms with Crippen LogP contribution in [0.15, 0.2) is 15.6 Å². The minimum absolute atomic E-state index is 0.0117. The molecule has 0 aliphatic rings. The lowest BCUT2D eigenvalue weighted by Crippen LogP contribution is -1.95. The van der Waals surface area contributed by atoms with Gasteiger partial charge in [-0.15, -0.1) is 11.8 Å². The Bertz CT molecular complexity index is 579. The SMILES string of the molecule is CSc1nc(Cl)nc2c(F)c(Br)c(F)cc12. The van der Waals surface area contributed by atoms with E-state index in [1.165, 1.54) is 17.8 Å². The molecule has 0 amide bonds. The van der Waals surface area contributed by atoms with Crippen molar-refractivity contribution in [2.45, 2.75) is 5.03 Å². The van der Waals surface area contributed by atoms with Crippen LogP contribution in [0.5, 0.6) is 0 Å². The van der Waals surface area contributed by atoms with Crippen molar-refractivity contribution in [3.8, 4) is 0 Å². The highest BCUT2D eigenvalue weighted by Gasteiger charge is 2.16. The Morgan fingerprint density at radius 2 is 2.06 bits per heavy atom. The number of hydrogen-bond acceptors (Lipinski definition) is 3. The zero-order valence-corrected chi connectivity index (χ0v) is 11.1. The summed E-state index contributed by atoms with van der Waals surface area (Å²) in [6.45, 7) is 0. The Balaban J connectivity index is 2.94. The van der Waals surface area contributed by atoms with Gasteiger partial charge in [-0.3, -0.25) is 0 Å². The summed E-state index contributed by atoms with van der Waals surface area (Å²) in [6, 6.07) is 1.19. The van der Waals surface area contributed by atoms with Crippen molar-refractivity contribution in [2.75, 3.05) is 6.26 Å². The molecule has 84 valence electrons. The average Bonchev–Trinajstić information content (AvgIpc) is 2.26. The summed E-state index contributed by atoms with van der Waals surface area (Å²) in [7, 11) is 0. The van der Waals surface area contributed by atoms with E-state index in [4.69, 9.17) is 11.6 Å². The molecular weight excluding hydrogens is 322 g/mol. The lowest BCUT2D eigenvalue weighted by Gasteiger charge is -2.06. The standard InChI is InChI=1S/C9H4BrClF2N2S/c1-16-8-3-2-4(12)5(10)6(13)7(3)14-9(11)15-8/h2H,1H3. The van der Waals surface area contributed by atoms with Gasteiger partial charge in [0, 0.05) is 5.39 Å². The Morgan fingerprint density at radius 3 is 2.69 bits per heavy atom. The van der Waals surface area contributed by atoms with E-state index in [2.05, 4.69) is 25.9 Å². The Hall–Kier alpha value is -0.460. The van der Waals surface area contributed by atoms with E-state index < -0.39 is 11.6 Å². The summed E-state index contributed by atoms with van der Waals surface area (Å²) >= 11 is 9.72.